The molecule has 3 aromatic carbocycles. The Balaban J connectivity index is 0.000000214. The van der Waals surface area contributed by atoms with Crippen LogP contribution >= 0.6 is 0 Å². The Morgan fingerprint density at radius 1 is 0.367 bits per heavy atom. The number of hydrogen-bond donors (Lipinski definition) is 0. The second kappa shape index (κ2) is 15.9. The summed E-state index contributed by atoms with van der Waals surface area (Å²) in [4.78, 5) is 0. The highest BCUT2D eigenvalue weighted by Crippen LogP contribution is 2.22. The average molecular weight is 405 g/mol. The van der Waals surface area contributed by atoms with Gasteiger partial charge in [0.25, 0.3) is 0 Å². The maximum atomic E-state index is 2.29. The normalized spacial score (nSPS) is 10.9. The van der Waals surface area contributed by atoms with Crippen molar-refractivity contribution in [3.8, 4) is 0 Å². The minimum absolute atomic E-state index is 1.31. The number of benzene rings is 3. The molecule has 0 aromatic heterocycles. The Morgan fingerprint density at radius 2 is 0.600 bits per heavy atom. The number of rotatable bonds is 13. The van der Waals surface area contributed by atoms with E-state index >= 15 is 0 Å². The molecule has 3 rings (SSSR count). The van der Waals surface area contributed by atoms with Crippen molar-refractivity contribution in [2.24, 2.45) is 0 Å². The van der Waals surface area contributed by atoms with Gasteiger partial charge in [0.1, 0.15) is 0 Å². The van der Waals surface area contributed by atoms with Crippen LogP contribution in [0.15, 0.2) is 60.7 Å². The van der Waals surface area contributed by atoms with E-state index in [1.165, 1.54) is 111 Å². The maximum Gasteiger partial charge on any atom is -0.0178 e. The van der Waals surface area contributed by atoms with Crippen molar-refractivity contribution in [3.63, 3.8) is 0 Å². The molecule has 0 heteroatoms. The van der Waals surface area contributed by atoms with Gasteiger partial charge in [-0.05, 0) is 33.7 Å². The van der Waals surface area contributed by atoms with Crippen LogP contribution in [-0.4, -0.2) is 0 Å². The SMILES string of the molecule is CCCCCCCCCCCCCCCC.c1ccc2cc3ccccc3cc2c1. The first-order valence-corrected chi connectivity index (χ1v) is 12.7. The number of unbranched alkanes of at least 4 members (excludes halogenated alkanes) is 13. The quantitative estimate of drug-likeness (QED) is 0.196. The first-order valence-electron chi connectivity index (χ1n) is 12.7. The lowest BCUT2D eigenvalue weighted by atomic mass is 10.0. The standard InChI is InChI=1S/C16H34.C14H10/c1-3-5-7-9-11-13-15-16-14-12-10-8-6-4-2;1-2-6-12-10-14-8-4-3-7-13(14)9-11(12)5-1/h3-16H2,1-2H3;1-10H. The van der Waals surface area contributed by atoms with Gasteiger partial charge in [0.15, 0.2) is 0 Å². The highest BCUT2D eigenvalue weighted by molar-refractivity contribution is 5.98. The summed E-state index contributed by atoms with van der Waals surface area (Å²) in [6, 6.07) is 21.4. The molecule has 30 heavy (non-hydrogen) atoms. The summed E-state index contributed by atoms with van der Waals surface area (Å²) < 4.78 is 0. The van der Waals surface area contributed by atoms with Crippen LogP contribution in [-0.2, 0) is 0 Å². The number of hydrogen-bond acceptors (Lipinski definition) is 0. The van der Waals surface area contributed by atoms with Crippen LogP contribution in [0.2, 0.25) is 0 Å². The lowest BCUT2D eigenvalue weighted by Gasteiger charge is -2.02. The van der Waals surface area contributed by atoms with Gasteiger partial charge in [-0.2, -0.15) is 0 Å². The molecule has 0 aliphatic heterocycles. The highest BCUT2D eigenvalue weighted by atomic mass is 14.0. The molecule has 3 aromatic rings. The monoisotopic (exact) mass is 404 g/mol. The lowest BCUT2D eigenvalue weighted by molar-refractivity contribution is 0.538. The zero-order chi connectivity index (χ0) is 21.3. The molecular weight excluding hydrogens is 360 g/mol. The van der Waals surface area contributed by atoms with E-state index in [9.17, 15) is 0 Å². The summed E-state index contributed by atoms with van der Waals surface area (Å²) >= 11 is 0. The van der Waals surface area contributed by atoms with Gasteiger partial charge in [-0.1, -0.05) is 152 Å². The molecular formula is C30H44. The van der Waals surface area contributed by atoms with E-state index in [-0.39, 0.29) is 0 Å². The molecule has 0 radical (unpaired) electrons. The Bertz CT molecular complexity index is 682. The largest absolute Gasteiger partial charge is 0.0654 e. The van der Waals surface area contributed by atoms with Crippen LogP contribution in [0.25, 0.3) is 21.5 Å². The molecule has 0 fully saturated rings. The summed E-state index contributed by atoms with van der Waals surface area (Å²) in [5, 5.41) is 5.25. The van der Waals surface area contributed by atoms with E-state index in [1.54, 1.807) is 0 Å². The molecule has 0 N–H and O–H groups in total. The third-order valence-electron chi connectivity index (χ3n) is 6.07. The van der Waals surface area contributed by atoms with Crippen LogP contribution in [0, 0.1) is 0 Å². The number of fused-ring (bicyclic) bond motifs is 2. The zero-order valence-electron chi connectivity index (χ0n) is 19.7. The van der Waals surface area contributed by atoms with E-state index in [2.05, 4.69) is 74.5 Å². The van der Waals surface area contributed by atoms with Gasteiger partial charge in [-0.25, -0.2) is 0 Å². The van der Waals surface area contributed by atoms with Gasteiger partial charge < -0.3 is 0 Å². The van der Waals surface area contributed by atoms with Crippen LogP contribution in [0.4, 0.5) is 0 Å². The Morgan fingerprint density at radius 3 is 0.833 bits per heavy atom. The Kier molecular flexibility index (Phi) is 13.0. The summed E-state index contributed by atoms with van der Waals surface area (Å²) in [6.07, 6.45) is 20.4. The lowest BCUT2D eigenvalue weighted by Crippen LogP contribution is -1.82. The van der Waals surface area contributed by atoms with Gasteiger partial charge in [0.05, 0.1) is 0 Å². The van der Waals surface area contributed by atoms with E-state index in [0.717, 1.165) is 0 Å². The summed E-state index contributed by atoms with van der Waals surface area (Å²) in [5.41, 5.74) is 0. The van der Waals surface area contributed by atoms with Gasteiger partial charge in [0.2, 0.25) is 0 Å². The molecule has 0 heterocycles. The molecule has 0 amide bonds. The van der Waals surface area contributed by atoms with Gasteiger partial charge >= 0.3 is 0 Å². The van der Waals surface area contributed by atoms with E-state index < -0.39 is 0 Å². The predicted molar refractivity (Wildman–Crippen MR) is 137 cm³/mol. The molecule has 164 valence electrons. The first kappa shape index (κ1) is 24.4. The molecule has 0 bridgehead atoms. The Hall–Kier alpha value is -1.82. The maximum absolute atomic E-state index is 2.29. The van der Waals surface area contributed by atoms with Crippen LogP contribution in [0.1, 0.15) is 104 Å². The fourth-order valence-electron chi connectivity index (χ4n) is 4.15. The highest BCUT2D eigenvalue weighted by Gasteiger charge is 1.95. The molecule has 0 unspecified atom stereocenters. The third kappa shape index (κ3) is 9.79. The average Bonchev–Trinajstić information content (AvgIpc) is 2.79. The third-order valence-corrected chi connectivity index (χ3v) is 6.07. The van der Waals surface area contributed by atoms with Crippen molar-refractivity contribution in [2.75, 3.05) is 0 Å². The van der Waals surface area contributed by atoms with Crippen LogP contribution in [0.5, 0.6) is 0 Å². The van der Waals surface area contributed by atoms with Crippen molar-refractivity contribution in [1.82, 2.24) is 0 Å². The fraction of sp³-hybridized carbons (Fsp3) is 0.533. The van der Waals surface area contributed by atoms with E-state index in [4.69, 9.17) is 0 Å². The van der Waals surface area contributed by atoms with E-state index in [0.29, 0.717) is 0 Å². The zero-order valence-corrected chi connectivity index (χ0v) is 19.7. The van der Waals surface area contributed by atoms with Crippen molar-refractivity contribution in [3.05, 3.63) is 60.7 Å². The van der Waals surface area contributed by atoms with Crippen LogP contribution in [0.3, 0.4) is 0 Å². The van der Waals surface area contributed by atoms with Gasteiger partial charge in [-0.15, -0.1) is 0 Å². The fourth-order valence-corrected chi connectivity index (χ4v) is 4.15. The van der Waals surface area contributed by atoms with Crippen molar-refractivity contribution in [1.29, 1.82) is 0 Å². The second-order valence-corrected chi connectivity index (χ2v) is 8.79. The minimum atomic E-state index is 1.31. The second-order valence-electron chi connectivity index (χ2n) is 8.79. The molecule has 0 aliphatic rings. The van der Waals surface area contributed by atoms with Crippen molar-refractivity contribution >= 4 is 21.5 Å². The Labute approximate surface area is 186 Å². The van der Waals surface area contributed by atoms with Crippen LogP contribution < -0.4 is 0 Å². The molecule has 0 saturated carbocycles. The van der Waals surface area contributed by atoms with Gasteiger partial charge in [0, 0.05) is 0 Å². The summed E-state index contributed by atoms with van der Waals surface area (Å²) in [5.74, 6) is 0. The molecule has 0 saturated heterocycles. The minimum Gasteiger partial charge on any atom is -0.0654 e. The summed E-state index contributed by atoms with van der Waals surface area (Å²) in [6.45, 7) is 4.58. The first-order chi connectivity index (χ1) is 14.8. The molecule has 0 aliphatic carbocycles. The van der Waals surface area contributed by atoms with E-state index in [1.807, 2.05) is 0 Å². The van der Waals surface area contributed by atoms with Crippen molar-refractivity contribution < 1.29 is 0 Å². The predicted octanol–water partition coefficient (Wildman–Crippen LogP) is 10.5. The van der Waals surface area contributed by atoms with Gasteiger partial charge in [-0.3, -0.25) is 0 Å². The molecule has 0 spiro atoms. The molecule has 0 atom stereocenters. The van der Waals surface area contributed by atoms with Crippen molar-refractivity contribution in [2.45, 2.75) is 104 Å². The molecule has 0 nitrogen and oxygen atoms in total. The smallest absolute Gasteiger partial charge is 0.0178 e. The topological polar surface area (TPSA) is 0 Å². The summed E-state index contributed by atoms with van der Waals surface area (Å²) in [7, 11) is 0.